The molecule has 0 aliphatic carbocycles. The summed E-state index contributed by atoms with van der Waals surface area (Å²) in [5.74, 6) is 0.183. The summed E-state index contributed by atoms with van der Waals surface area (Å²) in [5, 5.41) is 26.7. The highest BCUT2D eigenvalue weighted by Gasteiger charge is 2.09. The molecule has 2 unspecified atom stereocenters. The van der Waals surface area contributed by atoms with Gasteiger partial charge in [-0.3, -0.25) is 0 Å². The van der Waals surface area contributed by atoms with Crippen LogP contribution < -0.4 is 0 Å². The minimum absolute atomic E-state index is 0.183. The van der Waals surface area contributed by atoms with Crippen molar-refractivity contribution in [1.29, 1.82) is 0 Å². The van der Waals surface area contributed by atoms with Crippen LogP contribution in [0.4, 0.5) is 0 Å². The molecule has 0 saturated carbocycles. The lowest BCUT2D eigenvalue weighted by molar-refractivity contribution is -0.00441. The molecule has 0 heterocycles. The highest BCUT2D eigenvalue weighted by Crippen LogP contribution is 2.01. The molecule has 0 rings (SSSR count). The molecule has 13 heavy (non-hydrogen) atoms. The second kappa shape index (κ2) is 7.26. The summed E-state index contributed by atoms with van der Waals surface area (Å²) in [7, 11) is 0. The second-order valence-corrected chi connectivity index (χ2v) is 3.51. The molecule has 0 aliphatic heterocycles. The van der Waals surface area contributed by atoms with Gasteiger partial charge in [0.1, 0.15) is 0 Å². The predicted molar refractivity (Wildman–Crippen MR) is 49.4 cm³/mol. The fourth-order valence-corrected chi connectivity index (χ4v) is 0.707. The molecule has 4 nitrogen and oxygen atoms in total. The fraction of sp³-hybridized carbons (Fsp3) is 1.00. The van der Waals surface area contributed by atoms with E-state index in [1.807, 2.05) is 13.8 Å². The fourth-order valence-electron chi connectivity index (χ4n) is 0.707. The van der Waals surface area contributed by atoms with E-state index in [9.17, 15) is 5.11 Å². The first-order valence-electron chi connectivity index (χ1n) is 4.62. The van der Waals surface area contributed by atoms with Gasteiger partial charge in [0.05, 0.1) is 25.4 Å². The summed E-state index contributed by atoms with van der Waals surface area (Å²) in [6, 6.07) is 0. The maximum absolute atomic E-state index is 9.31. The van der Waals surface area contributed by atoms with Crippen LogP contribution in [0.25, 0.3) is 0 Å². The van der Waals surface area contributed by atoms with Crippen molar-refractivity contribution in [2.45, 2.75) is 32.5 Å². The highest BCUT2D eigenvalue weighted by molar-refractivity contribution is 4.58. The van der Waals surface area contributed by atoms with E-state index in [0.717, 1.165) is 0 Å². The Kier molecular flexibility index (Phi) is 7.17. The standard InChI is InChI=1S/C9H20O4/c1-7(2)9(12)6-13-4-3-8(11)5-10/h7-12H,3-6H2,1-2H3. The Morgan fingerprint density at radius 2 is 1.85 bits per heavy atom. The zero-order valence-electron chi connectivity index (χ0n) is 8.31. The van der Waals surface area contributed by atoms with Crippen molar-refractivity contribution < 1.29 is 20.1 Å². The minimum Gasteiger partial charge on any atom is -0.394 e. The monoisotopic (exact) mass is 192 g/mol. The quantitative estimate of drug-likeness (QED) is 0.487. The maximum Gasteiger partial charge on any atom is 0.0796 e. The van der Waals surface area contributed by atoms with E-state index in [2.05, 4.69) is 0 Å². The highest BCUT2D eigenvalue weighted by atomic mass is 16.5. The first kappa shape index (κ1) is 12.8. The van der Waals surface area contributed by atoms with Gasteiger partial charge in [-0.15, -0.1) is 0 Å². The van der Waals surface area contributed by atoms with Crippen molar-refractivity contribution in [2.24, 2.45) is 5.92 Å². The number of hydrogen-bond donors (Lipinski definition) is 3. The molecule has 0 aromatic heterocycles. The Balaban J connectivity index is 3.25. The van der Waals surface area contributed by atoms with Crippen LogP contribution in [-0.4, -0.2) is 47.3 Å². The molecule has 0 spiro atoms. The smallest absolute Gasteiger partial charge is 0.0796 e. The zero-order valence-corrected chi connectivity index (χ0v) is 8.31. The van der Waals surface area contributed by atoms with Crippen molar-refractivity contribution in [3.63, 3.8) is 0 Å². The molecule has 0 radical (unpaired) electrons. The summed E-state index contributed by atoms with van der Waals surface area (Å²) < 4.78 is 5.11. The topological polar surface area (TPSA) is 69.9 Å². The van der Waals surface area contributed by atoms with E-state index >= 15 is 0 Å². The maximum atomic E-state index is 9.31. The van der Waals surface area contributed by atoms with Crippen molar-refractivity contribution in [3.8, 4) is 0 Å². The van der Waals surface area contributed by atoms with Crippen LogP contribution >= 0.6 is 0 Å². The van der Waals surface area contributed by atoms with Crippen LogP contribution in [0.3, 0.4) is 0 Å². The van der Waals surface area contributed by atoms with Gasteiger partial charge in [-0.05, 0) is 12.3 Å². The minimum atomic E-state index is -0.712. The third-order valence-corrected chi connectivity index (χ3v) is 1.86. The Hall–Kier alpha value is -0.160. The predicted octanol–water partition coefficient (Wildman–Crippen LogP) is -0.237. The summed E-state index contributed by atoms with van der Waals surface area (Å²) in [5.41, 5.74) is 0. The molecule has 2 atom stereocenters. The summed E-state index contributed by atoms with van der Waals surface area (Å²) in [6.45, 7) is 4.24. The molecule has 0 saturated heterocycles. The van der Waals surface area contributed by atoms with Gasteiger partial charge >= 0.3 is 0 Å². The number of hydrogen-bond acceptors (Lipinski definition) is 4. The van der Waals surface area contributed by atoms with E-state index in [-0.39, 0.29) is 19.1 Å². The molecule has 0 fully saturated rings. The first-order chi connectivity index (χ1) is 6.07. The van der Waals surface area contributed by atoms with E-state index in [0.29, 0.717) is 13.0 Å². The third-order valence-electron chi connectivity index (χ3n) is 1.86. The molecule has 0 amide bonds. The summed E-state index contributed by atoms with van der Waals surface area (Å²) in [4.78, 5) is 0. The molecule has 3 N–H and O–H groups in total. The molecular formula is C9H20O4. The second-order valence-electron chi connectivity index (χ2n) is 3.51. The Bertz CT molecular complexity index is 116. The molecule has 0 bridgehead atoms. The van der Waals surface area contributed by atoms with Gasteiger partial charge in [0.15, 0.2) is 0 Å². The number of aliphatic hydroxyl groups excluding tert-OH is 3. The summed E-state index contributed by atoms with van der Waals surface area (Å²) >= 11 is 0. The third kappa shape index (κ3) is 6.95. The molecule has 0 aromatic rings. The van der Waals surface area contributed by atoms with E-state index in [4.69, 9.17) is 14.9 Å². The van der Waals surface area contributed by atoms with Gasteiger partial charge in [0.2, 0.25) is 0 Å². The van der Waals surface area contributed by atoms with Gasteiger partial charge in [0.25, 0.3) is 0 Å². The molecule has 0 aromatic carbocycles. The average Bonchev–Trinajstić information content (AvgIpc) is 2.11. The molecule has 0 aliphatic rings. The van der Waals surface area contributed by atoms with Crippen molar-refractivity contribution in [1.82, 2.24) is 0 Å². The largest absolute Gasteiger partial charge is 0.394 e. The van der Waals surface area contributed by atoms with Crippen LogP contribution in [0.5, 0.6) is 0 Å². The zero-order chi connectivity index (χ0) is 10.3. The van der Waals surface area contributed by atoms with Gasteiger partial charge in [-0.2, -0.15) is 0 Å². The van der Waals surface area contributed by atoms with Gasteiger partial charge in [-0.25, -0.2) is 0 Å². The van der Waals surface area contributed by atoms with Crippen LogP contribution in [0.15, 0.2) is 0 Å². The van der Waals surface area contributed by atoms with E-state index in [1.54, 1.807) is 0 Å². The number of ether oxygens (including phenoxy) is 1. The van der Waals surface area contributed by atoms with Crippen LogP contribution in [0.1, 0.15) is 20.3 Å². The van der Waals surface area contributed by atoms with Crippen LogP contribution in [0, 0.1) is 5.92 Å². The summed E-state index contributed by atoms with van der Waals surface area (Å²) in [6.07, 6.45) is -0.760. The Morgan fingerprint density at radius 3 is 2.31 bits per heavy atom. The lowest BCUT2D eigenvalue weighted by Crippen LogP contribution is -2.23. The van der Waals surface area contributed by atoms with Gasteiger partial charge in [-0.1, -0.05) is 13.8 Å². The average molecular weight is 192 g/mol. The molecule has 4 heteroatoms. The Labute approximate surface area is 79.2 Å². The molecule has 80 valence electrons. The lowest BCUT2D eigenvalue weighted by atomic mass is 10.1. The van der Waals surface area contributed by atoms with E-state index in [1.165, 1.54) is 0 Å². The van der Waals surface area contributed by atoms with Crippen LogP contribution in [0.2, 0.25) is 0 Å². The van der Waals surface area contributed by atoms with Gasteiger partial charge in [0, 0.05) is 6.61 Å². The van der Waals surface area contributed by atoms with Crippen molar-refractivity contribution in [2.75, 3.05) is 19.8 Å². The SMILES string of the molecule is CC(C)C(O)COCCC(O)CO. The lowest BCUT2D eigenvalue weighted by Gasteiger charge is -2.15. The molecular weight excluding hydrogens is 172 g/mol. The Morgan fingerprint density at radius 1 is 1.23 bits per heavy atom. The van der Waals surface area contributed by atoms with Crippen LogP contribution in [-0.2, 0) is 4.74 Å². The number of rotatable bonds is 7. The van der Waals surface area contributed by atoms with Crippen molar-refractivity contribution in [3.05, 3.63) is 0 Å². The van der Waals surface area contributed by atoms with Gasteiger partial charge < -0.3 is 20.1 Å². The van der Waals surface area contributed by atoms with Crippen molar-refractivity contribution >= 4 is 0 Å². The van der Waals surface area contributed by atoms with E-state index < -0.39 is 12.2 Å². The normalized spacial score (nSPS) is 16.2. The first-order valence-corrected chi connectivity index (χ1v) is 4.62. The number of aliphatic hydroxyl groups is 3.